The zero-order chi connectivity index (χ0) is 17.4. The van der Waals surface area contributed by atoms with Crippen LogP contribution in [0.15, 0.2) is 48.7 Å². The van der Waals surface area contributed by atoms with E-state index in [1.54, 1.807) is 29.7 Å². The van der Waals surface area contributed by atoms with E-state index < -0.39 is 5.97 Å². The first kappa shape index (κ1) is 15.5. The van der Waals surface area contributed by atoms with Crippen LogP contribution < -0.4 is 0 Å². The molecule has 3 aromatic heterocycles. The summed E-state index contributed by atoms with van der Waals surface area (Å²) in [4.78, 5) is 16.8. The number of benzene rings is 1. The van der Waals surface area contributed by atoms with Crippen molar-refractivity contribution < 1.29 is 9.53 Å². The van der Waals surface area contributed by atoms with Crippen molar-refractivity contribution in [3.63, 3.8) is 0 Å². The van der Waals surface area contributed by atoms with Gasteiger partial charge in [-0.3, -0.25) is 4.40 Å². The smallest absolute Gasteiger partial charge is 0.342 e. The molecule has 0 atom stereocenters. The molecule has 0 saturated carbocycles. The van der Waals surface area contributed by atoms with E-state index in [-0.39, 0.29) is 6.61 Å². The van der Waals surface area contributed by atoms with Crippen LogP contribution in [0.1, 0.15) is 17.3 Å². The Bertz CT molecular complexity index is 1110. The molecule has 6 nitrogen and oxygen atoms in total. The fourth-order valence-corrected chi connectivity index (χ4v) is 2.98. The molecule has 4 aromatic rings. The number of hydrogen-bond acceptors (Lipinski definition) is 5. The molecule has 7 heteroatoms. The number of hydrogen-bond donors (Lipinski definition) is 0. The minimum absolute atomic E-state index is 0.279. The van der Waals surface area contributed by atoms with Crippen LogP contribution in [0, 0.1) is 0 Å². The first-order chi connectivity index (χ1) is 12.2. The number of nitrogens with zero attached hydrogens (tertiary/aromatic N) is 4. The molecule has 25 heavy (non-hydrogen) atoms. The van der Waals surface area contributed by atoms with Crippen molar-refractivity contribution in [3.05, 3.63) is 59.2 Å². The number of ether oxygens (including phenoxy) is 1. The third kappa shape index (κ3) is 2.51. The van der Waals surface area contributed by atoms with Crippen molar-refractivity contribution in [3.8, 4) is 11.4 Å². The Morgan fingerprint density at radius 3 is 2.80 bits per heavy atom. The number of esters is 1. The van der Waals surface area contributed by atoms with E-state index in [4.69, 9.17) is 16.3 Å². The summed E-state index contributed by atoms with van der Waals surface area (Å²) >= 11 is 6.33. The molecule has 0 saturated heterocycles. The van der Waals surface area contributed by atoms with Gasteiger partial charge in [-0.05, 0) is 37.3 Å². The lowest BCUT2D eigenvalue weighted by atomic mass is 10.1. The molecule has 124 valence electrons. The van der Waals surface area contributed by atoms with Gasteiger partial charge in [-0.25, -0.2) is 9.78 Å². The van der Waals surface area contributed by atoms with Gasteiger partial charge in [-0.2, -0.15) is 0 Å². The van der Waals surface area contributed by atoms with Crippen LogP contribution in [-0.2, 0) is 4.74 Å². The van der Waals surface area contributed by atoms with Crippen molar-refractivity contribution in [1.29, 1.82) is 0 Å². The summed E-state index contributed by atoms with van der Waals surface area (Å²) < 4.78 is 6.90. The van der Waals surface area contributed by atoms with E-state index >= 15 is 0 Å². The highest BCUT2D eigenvalue weighted by Gasteiger charge is 2.21. The van der Waals surface area contributed by atoms with Gasteiger partial charge in [0.1, 0.15) is 11.2 Å². The van der Waals surface area contributed by atoms with Crippen molar-refractivity contribution in [2.45, 2.75) is 6.92 Å². The number of fused-ring (bicyclic) bond motifs is 3. The Hall–Kier alpha value is -2.99. The SMILES string of the molecule is CCOC(=O)c1cc2cccnc2n2c(-c3ccccc3Cl)nnc12. The summed E-state index contributed by atoms with van der Waals surface area (Å²) in [6.07, 6.45) is 1.68. The Morgan fingerprint density at radius 1 is 1.16 bits per heavy atom. The maximum absolute atomic E-state index is 12.4. The Morgan fingerprint density at radius 2 is 2.00 bits per heavy atom. The van der Waals surface area contributed by atoms with E-state index in [0.29, 0.717) is 33.3 Å². The summed E-state index contributed by atoms with van der Waals surface area (Å²) in [5.41, 5.74) is 2.09. The molecule has 0 unspecified atom stereocenters. The standard InChI is InChI=1S/C18H13ClN4O2/c1-2-25-18(24)13-10-11-6-5-9-20-15(11)23-16(21-22-17(13)23)12-7-3-4-8-14(12)19/h3-10H,2H2,1H3. The molecule has 3 heterocycles. The van der Waals surface area contributed by atoms with Gasteiger partial charge in [0, 0.05) is 17.1 Å². The van der Waals surface area contributed by atoms with Crippen LogP contribution in [-0.4, -0.2) is 32.2 Å². The molecule has 0 aliphatic rings. The summed E-state index contributed by atoms with van der Waals surface area (Å²) in [6, 6.07) is 12.8. The van der Waals surface area contributed by atoms with Gasteiger partial charge in [-0.15, -0.1) is 10.2 Å². The fraction of sp³-hybridized carbons (Fsp3) is 0.111. The molecule has 0 N–H and O–H groups in total. The average molecular weight is 353 g/mol. The topological polar surface area (TPSA) is 69.4 Å². The fourth-order valence-electron chi connectivity index (χ4n) is 2.76. The molecule has 0 aliphatic heterocycles. The van der Waals surface area contributed by atoms with Crippen molar-refractivity contribution in [1.82, 2.24) is 19.6 Å². The normalized spacial score (nSPS) is 11.1. The number of carbonyl (C=O) groups is 1. The van der Waals surface area contributed by atoms with Crippen LogP contribution in [0.3, 0.4) is 0 Å². The number of carbonyl (C=O) groups excluding carboxylic acids is 1. The molecule has 0 spiro atoms. The first-order valence-corrected chi connectivity index (χ1v) is 8.13. The molecule has 0 bridgehead atoms. The molecule has 0 amide bonds. The summed E-state index contributed by atoms with van der Waals surface area (Å²) in [5, 5.41) is 9.79. The highest BCUT2D eigenvalue weighted by molar-refractivity contribution is 6.33. The number of aromatic nitrogens is 4. The summed E-state index contributed by atoms with van der Waals surface area (Å²) in [5.74, 6) is 0.0758. The zero-order valence-corrected chi connectivity index (χ0v) is 14.1. The molecular formula is C18H13ClN4O2. The second kappa shape index (κ2) is 6.14. The van der Waals surface area contributed by atoms with E-state index in [1.165, 1.54) is 0 Å². The van der Waals surface area contributed by atoms with Crippen LogP contribution in [0.25, 0.3) is 28.1 Å². The molecule has 0 fully saturated rings. The van der Waals surface area contributed by atoms with Gasteiger partial charge in [0.05, 0.1) is 11.6 Å². The van der Waals surface area contributed by atoms with Crippen LogP contribution in [0.2, 0.25) is 5.02 Å². The van der Waals surface area contributed by atoms with Gasteiger partial charge < -0.3 is 4.74 Å². The lowest BCUT2D eigenvalue weighted by Crippen LogP contribution is -2.08. The van der Waals surface area contributed by atoms with E-state index in [0.717, 1.165) is 5.39 Å². The second-order valence-electron chi connectivity index (χ2n) is 5.36. The predicted molar refractivity (Wildman–Crippen MR) is 94.7 cm³/mol. The van der Waals surface area contributed by atoms with Gasteiger partial charge >= 0.3 is 5.97 Å². The third-order valence-electron chi connectivity index (χ3n) is 3.84. The average Bonchev–Trinajstić information content (AvgIpc) is 3.07. The maximum atomic E-state index is 12.4. The molecule has 0 aliphatic carbocycles. The Labute approximate surface area is 148 Å². The lowest BCUT2D eigenvalue weighted by molar-refractivity contribution is 0.0528. The van der Waals surface area contributed by atoms with Gasteiger partial charge in [0.25, 0.3) is 0 Å². The highest BCUT2D eigenvalue weighted by Crippen LogP contribution is 2.29. The van der Waals surface area contributed by atoms with Crippen molar-refractivity contribution in [2.75, 3.05) is 6.61 Å². The predicted octanol–water partition coefficient (Wildman–Crippen LogP) is 3.77. The largest absolute Gasteiger partial charge is 0.462 e. The molecule has 0 radical (unpaired) electrons. The van der Waals surface area contributed by atoms with Crippen LogP contribution >= 0.6 is 11.6 Å². The monoisotopic (exact) mass is 352 g/mol. The Kier molecular flexibility index (Phi) is 3.82. The summed E-state index contributed by atoms with van der Waals surface area (Å²) in [7, 11) is 0. The van der Waals surface area contributed by atoms with E-state index in [2.05, 4.69) is 15.2 Å². The molecular weight excluding hydrogens is 340 g/mol. The Balaban J connectivity index is 2.11. The van der Waals surface area contributed by atoms with Gasteiger partial charge in [0.2, 0.25) is 0 Å². The minimum atomic E-state index is -0.448. The van der Waals surface area contributed by atoms with E-state index in [9.17, 15) is 4.79 Å². The second-order valence-corrected chi connectivity index (χ2v) is 5.76. The number of halogens is 1. The molecule has 4 rings (SSSR count). The third-order valence-corrected chi connectivity index (χ3v) is 4.17. The van der Waals surface area contributed by atoms with Gasteiger partial charge in [0.15, 0.2) is 11.5 Å². The first-order valence-electron chi connectivity index (χ1n) is 7.75. The quantitative estimate of drug-likeness (QED) is 0.525. The van der Waals surface area contributed by atoms with E-state index in [1.807, 2.05) is 30.3 Å². The van der Waals surface area contributed by atoms with Crippen LogP contribution in [0.4, 0.5) is 0 Å². The van der Waals surface area contributed by atoms with Gasteiger partial charge in [-0.1, -0.05) is 23.7 Å². The molecule has 1 aromatic carbocycles. The number of rotatable bonds is 3. The maximum Gasteiger partial charge on any atom is 0.342 e. The highest BCUT2D eigenvalue weighted by atomic mass is 35.5. The lowest BCUT2D eigenvalue weighted by Gasteiger charge is -2.08. The summed E-state index contributed by atoms with van der Waals surface area (Å²) in [6.45, 7) is 2.04. The van der Waals surface area contributed by atoms with Crippen molar-refractivity contribution >= 4 is 34.3 Å². The number of pyridine rings is 2. The van der Waals surface area contributed by atoms with Crippen molar-refractivity contribution in [2.24, 2.45) is 0 Å². The zero-order valence-electron chi connectivity index (χ0n) is 13.3. The van der Waals surface area contributed by atoms with Crippen LogP contribution in [0.5, 0.6) is 0 Å². The minimum Gasteiger partial charge on any atom is -0.462 e.